The fourth-order valence-corrected chi connectivity index (χ4v) is 1.59. The number of carbonyl (C=O) groups excluding carboxylic acids is 3. The second-order valence-electron chi connectivity index (χ2n) is 5.31. The number of hydrogen-bond donors (Lipinski definition) is 0. The second kappa shape index (κ2) is 7.54. The molecule has 0 saturated carbocycles. The zero-order valence-corrected chi connectivity index (χ0v) is 13.7. The zero-order chi connectivity index (χ0) is 14.6. The van der Waals surface area contributed by atoms with Gasteiger partial charge < -0.3 is 4.74 Å². The molecule has 104 valence electrons. The third kappa shape index (κ3) is 5.42. The lowest BCUT2D eigenvalue weighted by atomic mass is 9.94. The molecule has 0 aliphatic carbocycles. The summed E-state index contributed by atoms with van der Waals surface area (Å²) in [5, 5.41) is 0. The molecule has 4 nitrogen and oxygen atoms in total. The maximum absolute atomic E-state index is 12.2. The normalized spacial score (nSPS) is 12.0. The van der Waals surface area contributed by atoms with Crippen molar-refractivity contribution in [1.82, 2.24) is 0 Å². The predicted octanol–water partition coefficient (Wildman–Crippen LogP) is 2.04. The van der Waals surface area contributed by atoms with Crippen LogP contribution in [0.5, 0.6) is 0 Å². The molecule has 0 fully saturated rings. The van der Waals surface area contributed by atoms with Gasteiger partial charge in [-0.2, -0.15) is 0 Å². The Labute approximate surface area is 135 Å². The minimum absolute atomic E-state index is 0. The maximum Gasteiger partial charge on any atom is 0.325 e. The van der Waals surface area contributed by atoms with Crippen LogP contribution in [0.1, 0.15) is 38.1 Å². The van der Waals surface area contributed by atoms with Crippen LogP contribution in [0.2, 0.25) is 0 Å². The Morgan fingerprint density at radius 3 is 1.95 bits per heavy atom. The van der Waals surface area contributed by atoms with Crippen LogP contribution in [0, 0.1) is 5.92 Å². The van der Waals surface area contributed by atoms with Crippen molar-refractivity contribution in [2.45, 2.75) is 33.3 Å². The second-order valence-corrected chi connectivity index (χ2v) is 5.31. The lowest BCUT2D eigenvalue weighted by Gasteiger charge is -2.22. The molecular formula is C15H18MgO4. The summed E-state index contributed by atoms with van der Waals surface area (Å²) in [5.41, 5.74) is -0.407. The third-order valence-electron chi connectivity index (χ3n) is 2.37. The van der Waals surface area contributed by atoms with E-state index < -0.39 is 29.1 Å². The smallest absolute Gasteiger partial charge is 0.325 e. The molecular weight excluding hydrogens is 268 g/mol. The van der Waals surface area contributed by atoms with Crippen LogP contribution in [0.15, 0.2) is 30.3 Å². The largest absolute Gasteiger partial charge is 0.459 e. The SMILES string of the molecule is CC(=O)C(C(=O)OC(C)(C)C)C(=O)c1ccccc1.[Mg]. The first-order chi connectivity index (χ1) is 8.72. The highest BCUT2D eigenvalue weighted by atomic mass is 24.3. The van der Waals surface area contributed by atoms with Crippen LogP contribution >= 0.6 is 0 Å². The summed E-state index contributed by atoms with van der Waals surface area (Å²) in [7, 11) is 0. The first-order valence-corrected chi connectivity index (χ1v) is 6.05. The molecule has 0 aliphatic rings. The molecule has 0 aromatic heterocycles. The van der Waals surface area contributed by atoms with Crippen LogP contribution in [-0.4, -0.2) is 46.2 Å². The van der Waals surface area contributed by atoms with Gasteiger partial charge in [-0.15, -0.1) is 0 Å². The van der Waals surface area contributed by atoms with Gasteiger partial charge in [-0.25, -0.2) is 0 Å². The molecule has 1 unspecified atom stereocenters. The first kappa shape index (κ1) is 18.8. The minimum Gasteiger partial charge on any atom is -0.459 e. The fraction of sp³-hybridized carbons (Fsp3) is 0.400. The van der Waals surface area contributed by atoms with Crippen molar-refractivity contribution in [3.8, 4) is 0 Å². The van der Waals surface area contributed by atoms with Crippen molar-refractivity contribution in [3.05, 3.63) is 35.9 Å². The van der Waals surface area contributed by atoms with Gasteiger partial charge >= 0.3 is 5.97 Å². The molecule has 0 N–H and O–H groups in total. The van der Waals surface area contributed by atoms with E-state index in [0.29, 0.717) is 5.56 Å². The number of carbonyl (C=O) groups is 3. The summed E-state index contributed by atoms with van der Waals surface area (Å²) in [6, 6.07) is 8.26. The van der Waals surface area contributed by atoms with Gasteiger partial charge in [-0.05, 0) is 27.7 Å². The van der Waals surface area contributed by atoms with E-state index in [1.165, 1.54) is 6.92 Å². The van der Waals surface area contributed by atoms with E-state index in [1.807, 2.05) is 0 Å². The van der Waals surface area contributed by atoms with Crippen molar-refractivity contribution in [1.29, 1.82) is 0 Å². The van der Waals surface area contributed by atoms with Gasteiger partial charge in [0.05, 0.1) is 0 Å². The van der Waals surface area contributed by atoms with E-state index in [0.717, 1.165) is 0 Å². The van der Waals surface area contributed by atoms with Gasteiger partial charge in [0.25, 0.3) is 0 Å². The summed E-state index contributed by atoms with van der Waals surface area (Å²) >= 11 is 0. The summed E-state index contributed by atoms with van der Waals surface area (Å²) in [4.78, 5) is 35.7. The quantitative estimate of drug-likeness (QED) is 0.368. The van der Waals surface area contributed by atoms with Crippen molar-refractivity contribution in [2.75, 3.05) is 0 Å². The molecule has 1 aromatic carbocycles. The van der Waals surface area contributed by atoms with E-state index >= 15 is 0 Å². The van der Waals surface area contributed by atoms with E-state index in [4.69, 9.17) is 4.74 Å². The highest BCUT2D eigenvalue weighted by Crippen LogP contribution is 2.16. The van der Waals surface area contributed by atoms with Gasteiger partial charge in [-0.1, -0.05) is 30.3 Å². The average molecular weight is 287 g/mol. The standard InChI is InChI=1S/C15H18O4.Mg/c1-10(16)12(14(18)19-15(2,3)4)13(17)11-8-6-5-7-9-11;/h5-9,12H,1-4H3;. The van der Waals surface area contributed by atoms with Crippen molar-refractivity contribution in [2.24, 2.45) is 5.92 Å². The van der Waals surface area contributed by atoms with Crippen LogP contribution < -0.4 is 0 Å². The zero-order valence-electron chi connectivity index (χ0n) is 12.3. The fourth-order valence-electron chi connectivity index (χ4n) is 1.59. The lowest BCUT2D eigenvalue weighted by molar-refractivity contribution is -0.159. The van der Waals surface area contributed by atoms with Crippen LogP contribution in [0.3, 0.4) is 0 Å². The molecule has 1 rings (SSSR count). The monoisotopic (exact) mass is 286 g/mol. The van der Waals surface area contributed by atoms with Crippen molar-refractivity contribution < 1.29 is 19.1 Å². The van der Waals surface area contributed by atoms with E-state index in [9.17, 15) is 14.4 Å². The van der Waals surface area contributed by atoms with Crippen molar-refractivity contribution >= 4 is 40.6 Å². The number of rotatable bonds is 4. The van der Waals surface area contributed by atoms with Gasteiger partial charge in [0, 0.05) is 28.6 Å². The molecule has 0 spiro atoms. The van der Waals surface area contributed by atoms with Crippen LogP contribution in [-0.2, 0) is 14.3 Å². The maximum atomic E-state index is 12.2. The van der Waals surface area contributed by atoms with E-state index in [2.05, 4.69) is 0 Å². The Morgan fingerprint density at radius 2 is 1.55 bits per heavy atom. The average Bonchev–Trinajstić information content (AvgIpc) is 2.27. The van der Waals surface area contributed by atoms with Gasteiger partial charge in [-0.3, -0.25) is 14.4 Å². The molecule has 0 aliphatic heterocycles. The molecule has 0 amide bonds. The number of esters is 1. The number of hydrogen-bond acceptors (Lipinski definition) is 4. The van der Waals surface area contributed by atoms with Gasteiger partial charge in [0.15, 0.2) is 17.5 Å². The highest BCUT2D eigenvalue weighted by molar-refractivity contribution is 6.22. The minimum atomic E-state index is -1.39. The Morgan fingerprint density at radius 1 is 1.05 bits per heavy atom. The summed E-state index contributed by atoms with van der Waals surface area (Å²) in [6.45, 7) is 6.29. The topological polar surface area (TPSA) is 60.4 Å². The number of benzene rings is 1. The summed E-state index contributed by atoms with van der Waals surface area (Å²) in [6.07, 6.45) is 0. The number of ether oxygens (including phenoxy) is 1. The highest BCUT2D eigenvalue weighted by Gasteiger charge is 2.35. The summed E-state index contributed by atoms with van der Waals surface area (Å²) in [5.74, 6) is -3.22. The Kier molecular flexibility index (Phi) is 7.09. The molecule has 0 heterocycles. The molecule has 0 bridgehead atoms. The third-order valence-corrected chi connectivity index (χ3v) is 2.37. The molecule has 1 atom stereocenters. The Bertz CT molecular complexity index is 488. The van der Waals surface area contributed by atoms with E-state index in [1.54, 1.807) is 51.1 Å². The molecule has 2 radical (unpaired) electrons. The number of ketones is 2. The van der Waals surface area contributed by atoms with Crippen LogP contribution in [0.25, 0.3) is 0 Å². The molecule has 0 saturated heterocycles. The summed E-state index contributed by atoms with van der Waals surface area (Å²) < 4.78 is 5.12. The van der Waals surface area contributed by atoms with Gasteiger partial charge in [0.2, 0.25) is 0 Å². The Balaban J connectivity index is 0.00000361. The van der Waals surface area contributed by atoms with Crippen LogP contribution in [0.4, 0.5) is 0 Å². The number of Topliss-reactive ketones (excluding diaryl/α,β-unsaturated/α-hetero) is 2. The van der Waals surface area contributed by atoms with E-state index in [-0.39, 0.29) is 23.1 Å². The Hall–Kier alpha value is -1.20. The van der Waals surface area contributed by atoms with Gasteiger partial charge in [0.1, 0.15) is 5.60 Å². The molecule has 5 heteroatoms. The lowest BCUT2D eigenvalue weighted by Crippen LogP contribution is -2.36. The predicted molar refractivity (Wildman–Crippen MR) is 76.5 cm³/mol. The van der Waals surface area contributed by atoms with Crippen molar-refractivity contribution in [3.63, 3.8) is 0 Å². The molecule has 1 aromatic rings. The first-order valence-electron chi connectivity index (χ1n) is 6.05. The molecule has 20 heavy (non-hydrogen) atoms.